The third-order valence-corrected chi connectivity index (χ3v) is 2.94. The number of halogens is 2. The van der Waals surface area contributed by atoms with Crippen LogP contribution in [-0.4, -0.2) is 23.9 Å². The van der Waals surface area contributed by atoms with Crippen LogP contribution >= 0.6 is 27.5 Å². The molecule has 0 saturated heterocycles. The van der Waals surface area contributed by atoms with Crippen LogP contribution in [0, 0.1) is 0 Å². The van der Waals surface area contributed by atoms with Gasteiger partial charge >= 0.3 is 0 Å². The summed E-state index contributed by atoms with van der Waals surface area (Å²) in [6.45, 7) is 4.22. The smallest absolute Gasteiger partial charge is 0.0814 e. The third-order valence-electron chi connectivity index (χ3n) is 2.09. The van der Waals surface area contributed by atoms with E-state index in [0.29, 0.717) is 18.1 Å². The van der Waals surface area contributed by atoms with Crippen molar-refractivity contribution < 1.29 is 9.84 Å². The van der Waals surface area contributed by atoms with E-state index in [2.05, 4.69) is 15.9 Å². The lowest BCUT2D eigenvalue weighted by Gasteiger charge is -2.14. The number of hydrogen-bond donors (Lipinski definition) is 1. The molecule has 0 aliphatic rings. The molecule has 0 saturated carbocycles. The molecule has 1 aromatic carbocycles. The molecule has 0 fully saturated rings. The van der Waals surface area contributed by atoms with Gasteiger partial charge in [0.2, 0.25) is 0 Å². The maximum absolute atomic E-state index is 9.75. The molecular weight excluding hydrogens is 291 g/mol. The Bertz CT molecular complexity index is 342. The van der Waals surface area contributed by atoms with E-state index in [1.54, 1.807) is 0 Å². The molecule has 16 heavy (non-hydrogen) atoms. The quantitative estimate of drug-likeness (QED) is 0.903. The molecule has 4 heteroatoms. The summed E-state index contributed by atoms with van der Waals surface area (Å²) in [6.07, 6.45) is 0.134. The number of aliphatic hydroxyl groups is 1. The van der Waals surface area contributed by atoms with E-state index in [0.717, 1.165) is 10.0 Å². The van der Waals surface area contributed by atoms with Crippen LogP contribution in [0.5, 0.6) is 0 Å². The first-order valence-electron chi connectivity index (χ1n) is 5.22. The van der Waals surface area contributed by atoms with E-state index >= 15 is 0 Å². The minimum atomic E-state index is -0.513. The van der Waals surface area contributed by atoms with Crippen LogP contribution in [0.4, 0.5) is 0 Å². The Labute approximate surface area is 110 Å². The highest BCUT2D eigenvalue weighted by Crippen LogP contribution is 2.22. The van der Waals surface area contributed by atoms with Crippen molar-refractivity contribution in [3.8, 4) is 0 Å². The van der Waals surface area contributed by atoms with Crippen LogP contribution in [-0.2, 0) is 11.2 Å². The zero-order chi connectivity index (χ0) is 12.1. The van der Waals surface area contributed by atoms with E-state index in [9.17, 15) is 5.11 Å². The molecule has 0 aliphatic heterocycles. The van der Waals surface area contributed by atoms with Crippen LogP contribution in [0.1, 0.15) is 19.4 Å². The second-order valence-electron chi connectivity index (χ2n) is 3.98. The summed E-state index contributed by atoms with van der Waals surface area (Å²) in [6, 6.07) is 5.65. The summed E-state index contributed by atoms with van der Waals surface area (Å²) < 4.78 is 6.28. The molecular formula is C12H16BrClO2. The van der Waals surface area contributed by atoms with Gasteiger partial charge in [-0.2, -0.15) is 0 Å². The molecule has 1 aromatic rings. The molecule has 1 N–H and O–H groups in total. The Morgan fingerprint density at radius 1 is 1.44 bits per heavy atom. The fourth-order valence-electron chi connectivity index (χ4n) is 1.30. The van der Waals surface area contributed by atoms with Gasteiger partial charge in [0, 0.05) is 15.9 Å². The number of benzene rings is 1. The van der Waals surface area contributed by atoms with E-state index in [1.165, 1.54) is 0 Å². The Kier molecular flexibility index (Phi) is 5.76. The molecule has 0 radical (unpaired) electrons. The lowest BCUT2D eigenvalue weighted by molar-refractivity contribution is 0.00622. The highest BCUT2D eigenvalue weighted by atomic mass is 79.9. The molecule has 0 amide bonds. The summed E-state index contributed by atoms with van der Waals surface area (Å²) >= 11 is 9.40. The van der Waals surface area contributed by atoms with Crippen LogP contribution in [0.15, 0.2) is 22.7 Å². The Balaban J connectivity index is 2.52. The zero-order valence-corrected chi connectivity index (χ0v) is 11.8. The summed E-state index contributed by atoms with van der Waals surface area (Å²) in [5.41, 5.74) is 0.935. The minimum Gasteiger partial charge on any atom is -0.390 e. The fourth-order valence-corrected chi connectivity index (χ4v) is 2.05. The second kappa shape index (κ2) is 6.60. The molecule has 0 spiro atoms. The van der Waals surface area contributed by atoms with Gasteiger partial charge in [0.1, 0.15) is 0 Å². The minimum absolute atomic E-state index is 0.134. The Morgan fingerprint density at radius 3 is 2.69 bits per heavy atom. The van der Waals surface area contributed by atoms with Crippen molar-refractivity contribution in [1.82, 2.24) is 0 Å². The van der Waals surface area contributed by atoms with Crippen LogP contribution < -0.4 is 0 Å². The molecule has 2 nitrogen and oxygen atoms in total. The zero-order valence-electron chi connectivity index (χ0n) is 9.41. The maximum Gasteiger partial charge on any atom is 0.0814 e. The molecule has 1 atom stereocenters. The summed E-state index contributed by atoms with van der Waals surface area (Å²) in [7, 11) is 0. The number of ether oxygens (including phenoxy) is 1. The monoisotopic (exact) mass is 306 g/mol. The summed E-state index contributed by atoms with van der Waals surface area (Å²) in [5.74, 6) is 0. The molecule has 0 aliphatic carbocycles. The highest BCUT2D eigenvalue weighted by molar-refractivity contribution is 9.10. The largest absolute Gasteiger partial charge is 0.390 e. The van der Waals surface area contributed by atoms with E-state index < -0.39 is 6.10 Å². The van der Waals surface area contributed by atoms with Gasteiger partial charge in [0.05, 0.1) is 18.8 Å². The van der Waals surface area contributed by atoms with E-state index in [1.807, 2.05) is 32.0 Å². The van der Waals surface area contributed by atoms with Gasteiger partial charge in [-0.1, -0.05) is 33.6 Å². The molecule has 0 bridgehead atoms. The van der Waals surface area contributed by atoms with Crippen molar-refractivity contribution in [3.63, 3.8) is 0 Å². The average Bonchev–Trinajstić information content (AvgIpc) is 2.19. The van der Waals surface area contributed by atoms with Gasteiger partial charge in [-0.05, 0) is 31.5 Å². The van der Waals surface area contributed by atoms with Crippen molar-refractivity contribution in [2.75, 3.05) is 6.61 Å². The predicted octanol–water partition coefficient (Wildman–Crippen LogP) is 3.43. The van der Waals surface area contributed by atoms with Gasteiger partial charge in [0.25, 0.3) is 0 Å². The second-order valence-corrected chi connectivity index (χ2v) is 5.30. The topological polar surface area (TPSA) is 29.5 Å². The number of hydrogen-bond acceptors (Lipinski definition) is 2. The molecule has 0 aromatic heterocycles. The van der Waals surface area contributed by atoms with Gasteiger partial charge in [-0.3, -0.25) is 0 Å². The summed E-state index contributed by atoms with van der Waals surface area (Å²) in [5, 5.41) is 10.4. The van der Waals surface area contributed by atoms with Gasteiger partial charge < -0.3 is 9.84 Å². The van der Waals surface area contributed by atoms with Crippen molar-refractivity contribution in [2.24, 2.45) is 0 Å². The van der Waals surface area contributed by atoms with Crippen molar-refractivity contribution in [1.29, 1.82) is 0 Å². The van der Waals surface area contributed by atoms with Crippen molar-refractivity contribution in [2.45, 2.75) is 32.5 Å². The fraction of sp³-hybridized carbons (Fsp3) is 0.500. The number of aliphatic hydroxyl groups excluding tert-OH is 1. The first-order chi connectivity index (χ1) is 7.49. The Hall–Kier alpha value is -0.0900. The normalized spacial score (nSPS) is 13.1. The molecule has 0 heterocycles. The van der Waals surface area contributed by atoms with Crippen LogP contribution in [0.25, 0.3) is 0 Å². The predicted molar refractivity (Wildman–Crippen MR) is 70.0 cm³/mol. The third kappa shape index (κ3) is 4.83. The Morgan fingerprint density at radius 2 is 2.12 bits per heavy atom. The van der Waals surface area contributed by atoms with E-state index in [4.69, 9.17) is 16.3 Å². The highest BCUT2D eigenvalue weighted by Gasteiger charge is 2.09. The molecule has 1 rings (SSSR count). The van der Waals surface area contributed by atoms with Gasteiger partial charge in [-0.15, -0.1) is 0 Å². The van der Waals surface area contributed by atoms with Crippen molar-refractivity contribution in [3.05, 3.63) is 33.3 Å². The standard InChI is InChI=1S/C12H16BrClO2/c1-8(2)16-7-11(15)5-9-3-4-10(13)6-12(9)14/h3-4,6,8,11,15H,5,7H2,1-2H3. The first-order valence-corrected chi connectivity index (χ1v) is 6.39. The lowest BCUT2D eigenvalue weighted by atomic mass is 10.1. The average molecular weight is 308 g/mol. The molecule has 90 valence electrons. The van der Waals surface area contributed by atoms with Crippen LogP contribution in [0.3, 0.4) is 0 Å². The SMILES string of the molecule is CC(C)OCC(O)Cc1ccc(Br)cc1Cl. The lowest BCUT2D eigenvalue weighted by Crippen LogP contribution is -2.20. The van der Waals surface area contributed by atoms with Crippen molar-refractivity contribution >= 4 is 27.5 Å². The van der Waals surface area contributed by atoms with Gasteiger partial charge in [0.15, 0.2) is 0 Å². The van der Waals surface area contributed by atoms with Crippen LogP contribution in [0.2, 0.25) is 5.02 Å². The number of rotatable bonds is 5. The van der Waals surface area contributed by atoms with E-state index in [-0.39, 0.29) is 6.10 Å². The van der Waals surface area contributed by atoms with Gasteiger partial charge in [-0.25, -0.2) is 0 Å². The summed E-state index contributed by atoms with van der Waals surface area (Å²) in [4.78, 5) is 0. The first kappa shape index (κ1) is 14.0. The maximum atomic E-state index is 9.75. The molecule has 1 unspecified atom stereocenters.